The summed E-state index contributed by atoms with van der Waals surface area (Å²) < 4.78 is 43.6. The highest BCUT2D eigenvalue weighted by Gasteiger charge is 2.56. The summed E-state index contributed by atoms with van der Waals surface area (Å²) in [5.41, 5.74) is 5.46. The van der Waals surface area contributed by atoms with Gasteiger partial charge < -0.3 is 110 Å². The number of aliphatic hydroxyl groups excluding tert-OH is 12. The van der Waals surface area contributed by atoms with E-state index in [0.29, 0.717) is 13.0 Å². The molecule has 4 aliphatic rings. The van der Waals surface area contributed by atoms with Gasteiger partial charge in [-0.1, -0.05) is 0 Å². The molecule has 0 aromatic carbocycles. The van der Waals surface area contributed by atoms with Crippen LogP contribution < -0.4 is 5.73 Å². The molecule has 15 N–H and O–H groups in total. The number of aliphatic hydroxyl groups is 12. The Labute approximate surface area is 296 Å². The first-order valence-corrected chi connectivity index (χ1v) is 16.8. The second-order valence-corrected chi connectivity index (χ2v) is 12.9. The van der Waals surface area contributed by atoms with Crippen LogP contribution >= 0.6 is 0 Å². The van der Waals surface area contributed by atoms with Crippen molar-refractivity contribution < 1.29 is 109 Å². The van der Waals surface area contributed by atoms with Gasteiger partial charge in [0.15, 0.2) is 31.3 Å². The third kappa shape index (κ3) is 9.52. The van der Waals surface area contributed by atoms with Gasteiger partial charge in [-0.25, -0.2) is 4.79 Å². The van der Waals surface area contributed by atoms with Crippen molar-refractivity contribution in [3.05, 3.63) is 0 Å². The van der Waals surface area contributed by atoms with E-state index in [-0.39, 0.29) is 6.61 Å². The SMILES string of the molecule is NCCCCCO[C@@H]1OC(CO)[C@@H](O[C@@H]2OC(C(=O)O)[C@@H](O[C@H]3OC(CO)[C@H](O[C@H]4OC(CO)[C@@H](O)C(O)C4O)[C@H](O)C3O)C(O)[C@@H]2O)C(O)[C@@H]1O. The third-order valence-corrected chi connectivity index (χ3v) is 9.28. The van der Waals surface area contributed by atoms with Crippen molar-refractivity contribution >= 4 is 5.97 Å². The van der Waals surface area contributed by atoms with E-state index < -0.39 is 149 Å². The van der Waals surface area contributed by atoms with E-state index >= 15 is 0 Å². The molecule has 0 bridgehead atoms. The van der Waals surface area contributed by atoms with E-state index in [1.54, 1.807) is 0 Å². The summed E-state index contributed by atoms with van der Waals surface area (Å²) in [5, 5.41) is 135. The van der Waals surface area contributed by atoms with Crippen LogP contribution in [0.4, 0.5) is 0 Å². The molecule has 4 rings (SSSR count). The maximum atomic E-state index is 12.3. The zero-order chi connectivity index (χ0) is 38.4. The molecular weight excluding hydrogens is 714 g/mol. The predicted octanol–water partition coefficient (Wildman–Crippen LogP) is -8.50. The predicted molar refractivity (Wildman–Crippen MR) is 161 cm³/mol. The Kier molecular flexibility index (Phi) is 16.2. The van der Waals surface area contributed by atoms with Crippen LogP contribution in [0.1, 0.15) is 19.3 Å². The maximum Gasteiger partial charge on any atom is 0.335 e. The zero-order valence-corrected chi connectivity index (χ0v) is 27.8. The molecule has 23 nitrogen and oxygen atoms in total. The summed E-state index contributed by atoms with van der Waals surface area (Å²) >= 11 is 0. The minimum Gasteiger partial charge on any atom is -0.479 e. The number of carboxylic acids is 1. The number of unbranched alkanes of at least 4 members (excludes halogenated alkanes) is 2. The summed E-state index contributed by atoms with van der Waals surface area (Å²) in [6.07, 6.45) is -35.0. The molecule has 0 radical (unpaired) electrons. The number of hydrogen-bond donors (Lipinski definition) is 14. The quantitative estimate of drug-likeness (QED) is 0.0649. The number of hydrogen-bond acceptors (Lipinski definition) is 22. The van der Waals surface area contributed by atoms with Gasteiger partial charge >= 0.3 is 5.97 Å². The smallest absolute Gasteiger partial charge is 0.335 e. The maximum absolute atomic E-state index is 12.3. The van der Waals surface area contributed by atoms with Gasteiger partial charge in [0.25, 0.3) is 0 Å². The van der Waals surface area contributed by atoms with Crippen LogP contribution in [0.25, 0.3) is 0 Å². The van der Waals surface area contributed by atoms with Gasteiger partial charge in [-0.05, 0) is 25.8 Å². The van der Waals surface area contributed by atoms with Crippen molar-refractivity contribution in [1.29, 1.82) is 0 Å². The Balaban J connectivity index is 1.42. The molecule has 4 heterocycles. The van der Waals surface area contributed by atoms with Crippen LogP contribution in [0.2, 0.25) is 0 Å². The largest absolute Gasteiger partial charge is 0.479 e. The van der Waals surface area contributed by atoms with Crippen molar-refractivity contribution in [2.75, 3.05) is 33.0 Å². The lowest BCUT2D eigenvalue weighted by Crippen LogP contribution is -2.68. The van der Waals surface area contributed by atoms with Gasteiger partial charge in [0.05, 0.1) is 19.8 Å². The number of carboxylic acid groups (broad SMARTS) is 1. The average Bonchev–Trinajstić information content (AvgIpc) is 3.13. The molecule has 52 heavy (non-hydrogen) atoms. The van der Waals surface area contributed by atoms with Crippen LogP contribution in [0.15, 0.2) is 0 Å². The monoisotopic (exact) mass is 765 g/mol. The fraction of sp³-hybridized carbons (Fsp3) is 0.966. The topological polar surface area (TPSA) is 380 Å². The second-order valence-electron chi connectivity index (χ2n) is 12.9. The molecule has 23 heteroatoms. The summed E-state index contributed by atoms with van der Waals surface area (Å²) in [4.78, 5) is 12.3. The van der Waals surface area contributed by atoms with Crippen LogP contribution in [-0.4, -0.2) is 228 Å². The van der Waals surface area contributed by atoms with Crippen LogP contribution in [-0.2, 0) is 42.7 Å². The molecule has 4 fully saturated rings. The summed E-state index contributed by atoms with van der Waals surface area (Å²) in [7, 11) is 0. The number of carbonyl (C=O) groups is 1. The fourth-order valence-electron chi connectivity index (χ4n) is 6.26. The molecule has 0 aliphatic carbocycles. The van der Waals surface area contributed by atoms with Gasteiger partial charge in [-0.2, -0.15) is 0 Å². The van der Waals surface area contributed by atoms with Gasteiger partial charge in [0.1, 0.15) is 91.6 Å². The van der Waals surface area contributed by atoms with Gasteiger partial charge in [-0.15, -0.1) is 0 Å². The molecule has 4 saturated heterocycles. The highest BCUT2D eigenvalue weighted by atomic mass is 16.8. The number of rotatable bonds is 16. The van der Waals surface area contributed by atoms with Gasteiger partial charge in [-0.3, -0.25) is 0 Å². The first-order chi connectivity index (χ1) is 24.7. The molecule has 0 amide bonds. The number of ether oxygens (including phenoxy) is 8. The highest BCUT2D eigenvalue weighted by Crippen LogP contribution is 2.34. The average molecular weight is 766 g/mol. The Hall–Kier alpha value is -1.37. The van der Waals surface area contributed by atoms with Crippen LogP contribution in [0.5, 0.6) is 0 Å². The third-order valence-electron chi connectivity index (χ3n) is 9.28. The zero-order valence-electron chi connectivity index (χ0n) is 27.8. The number of aliphatic carboxylic acids is 1. The van der Waals surface area contributed by atoms with Crippen LogP contribution in [0, 0.1) is 0 Å². The van der Waals surface area contributed by atoms with E-state index in [4.69, 9.17) is 43.6 Å². The summed E-state index contributed by atoms with van der Waals surface area (Å²) in [6, 6.07) is 0. The minimum atomic E-state index is -2.20. The molecule has 0 aromatic heterocycles. The van der Waals surface area contributed by atoms with E-state index in [2.05, 4.69) is 0 Å². The molecule has 9 unspecified atom stereocenters. The highest BCUT2D eigenvalue weighted by molar-refractivity contribution is 5.73. The van der Waals surface area contributed by atoms with E-state index in [1.807, 2.05) is 0 Å². The van der Waals surface area contributed by atoms with Crippen molar-refractivity contribution in [2.24, 2.45) is 5.73 Å². The summed E-state index contributed by atoms with van der Waals surface area (Å²) in [6.45, 7) is -1.97. The van der Waals surface area contributed by atoms with Crippen molar-refractivity contribution in [3.63, 3.8) is 0 Å². The Morgan fingerprint density at radius 3 is 1.42 bits per heavy atom. The molecule has 0 spiro atoms. The molecule has 20 atom stereocenters. The van der Waals surface area contributed by atoms with E-state index in [1.165, 1.54) is 0 Å². The molecule has 0 saturated carbocycles. The van der Waals surface area contributed by atoms with Gasteiger partial charge in [0.2, 0.25) is 0 Å². The van der Waals surface area contributed by atoms with E-state index in [9.17, 15) is 71.2 Å². The molecule has 304 valence electrons. The van der Waals surface area contributed by atoms with E-state index in [0.717, 1.165) is 12.8 Å². The number of nitrogens with two attached hydrogens (primary N) is 1. The second kappa shape index (κ2) is 19.5. The standard InChI is InChI=1S/C29H51NO22/c30-4-2-1-3-5-45-26-18(40)14(36)21(10(7-32)47-26)50-29-20(42)16(38)23(24(52-29)25(43)44)51-28-19(41)15(37)22(11(8-33)48-28)49-27-17(39)13(35)12(34)9(6-31)46-27/h9-24,26-29,31-42H,1-8,30H2,(H,43,44)/t9?,10?,11?,12-,13?,14?,15-,16?,17?,18+,19?,20+,21-,22+,23+,24?,26-,27-,28-,29-/m1/s1. The Morgan fingerprint density at radius 2 is 0.923 bits per heavy atom. The lowest BCUT2D eigenvalue weighted by molar-refractivity contribution is -0.385. The lowest BCUT2D eigenvalue weighted by atomic mass is 9.95. The van der Waals surface area contributed by atoms with Crippen molar-refractivity contribution in [3.8, 4) is 0 Å². The molecular formula is C29H51NO22. The lowest BCUT2D eigenvalue weighted by Gasteiger charge is -2.48. The molecule has 0 aromatic rings. The normalized spacial score (nSPS) is 47.3. The van der Waals surface area contributed by atoms with Crippen molar-refractivity contribution in [1.82, 2.24) is 0 Å². The minimum absolute atomic E-state index is 0.123. The van der Waals surface area contributed by atoms with Gasteiger partial charge in [0, 0.05) is 6.61 Å². The molecule has 4 aliphatic heterocycles. The first-order valence-electron chi connectivity index (χ1n) is 16.8. The van der Waals surface area contributed by atoms with Crippen molar-refractivity contribution in [2.45, 2.75) is 142 Å². The first kappa shape index (κ1) is 43.4. The Morgan fingerprint density at radius 1 is 0.500 bits per heavy atom. The fourth-order valence-corrected chi connectivity index (χ4v) is 6.26. The Bertz CT molecular complexity index is 1090. The van der Waals surface area contributed by atoms with Crippen LogP contribution in [0.3, 0.4) is 0 Å². The summed E-state index contributed by atoms with van der Waals surface area (Å²) in [5.74, 6) is -1.79.